The van der Waals surface area contributed by atoms with Crippen LogP contribution in [0.2, 0.25) is 0 Å². The maximum absolute atomic E-state index is 11.1. The highest BCUT2D eigenvalue weighted by atomic mass is 16.5. The number of aliphatic hydroxyl groups excluding tert-OH is 1. The third-order valence-electron chi connectivity index (χ3n) is 2.11. The summed E-state index contributed by atoms with van der Waals surface area (Å²) < 4.78 is 5.03. The molecule has 0 bridgehead atoms. The molecular weight excluding hydrogens is 192 g/mol. The molecule has 0 rings (SSSR count). The van der Waals surface area contributed by atoms with Crippen LogP contribution in [0, 0.1) is 0 Å². The second-order valence-corrected chi connectivity index (χ2v) is 3.70. The van der Waals surface area contributed by atoms with Crippen molar-refractivity contribution in [3.8, 4) is 0 Å². The zero-order valence-electron chi connectivity index (χ0n) is 9.63. The fourth-order valence-corrected chi connectivity index (χ4v) is 1.19. The average molecular weight is 214 g/mol. The standard InChI is InChI=1S/C12H22O3/c1-3-4-9-12(14)15-10-7-5-6-8-11(2)13/h13H,2-10H2,1H3. The van der Waals surface area contributed by atoms with Crippen LogP contribution in [0.1, 0.15) is 51.9 Å². The fraction of sp³-hybridized carbons (Fsp3) is 0.750. The minimum Gasteiger partial charge on any atom is -0.513 e. The van der Waals surface area contributed by atoms with Crippen LogP contribution in [-0.4, -0.2) is 17.7 Å². The van der Waals surface area contributed by atoms with Crippen LogP contribution in [0.25, 0.3) is 0 Å². The van der Waals surface area contributed by atoms with Gasteiger partial charge in [0.1, 0.15) is 0 Å². The van der Waals surface area contributed by atoms with Crippen LogP contribution in [0.4, 0.5) is 0 Å². The molecule has 3 nitrogen and oxygen atoms in total. The van der Waals surface area contributed by atoms with Gasteiger partial charge in [-0.1, -0.05) is 19.9 Å². The number of hydrogen-bond donors (Lipinski definition) is 1. The lowest BCUT2D eigenvalue weighted by atomic mass is 10.2. The van der Waals surface area contributed by atoms with Gasteiger partial charge in [0.25, 0.3) is 0 Å². The Hall–Kier alpha value is -0.990. The SMILES string of the molecule is C=C(O)CCCCCOC(=O)CCCC. The lowest BCUT2D eigenvalue weighted by molar-refractivity contribution is -0.143. The van der Waals surface area contributed by atoms with Crippen LogP contribution < -0.4 is 0 Å². The molecule has 0 aromatic rings. The van der Waals surface area contributed by atoms with E-state index < -0.39 is 0 Å². The number of carbonyl (C=O) groups is 1. The van der Waals surface area contributed by atoms with Gasteiger partial charge in [-0.25, -0.2) is 0 Å². The molecular formula is C12H22O3. The van der Waals surface area contributed by atoms with E-state index in [-0.39, 0.29) is 11.7 Å². The van der Waals surface area contributed by atoms with Gasteiger partial charge in [-0.3, -0.25) is 4.79 Å². The van der Waals surface area contributed by atoms with Gasteiger partial charge in [-0.15, -0.1) is 0 Å². The minimum atomic E-state index is -0.0941. The first-order valence-corrected chi connectivity index (χ1v) is 5.69. The van der Waals surface area contributed by atoms with E-state index in [1.165, 1.54) is 0 Å². The average Bonchev–Trinajstić information content (AvgIpc) is 2.19. The van der Waals surface area contributed by atoms with Crippen LogP contribution >= 0.6 is 0 Å². The number of carbonyl (C=O) groups excluding carboxylic acids is 1. The Labute approximate surface area is 92.1 Å². The summed E-state index contributed by atoms with van der Waals surface area (Å²) in [5.74, 6) is 0.137. The second-order valence-electron chi connectivity index (χ2n) is 3.70. The Morgan fingerprint density at radius 1 is 1.20 bits per heavy atom. The van der Waals surface area contributed by atoms with Crippen LogP contribution in [-0.2, 0) is 9.53 Å². The molecule has 0 aromatic heterocycles. The zero-order chi connectivity index (χ0) is 11.5. The highest BCUT2D eigenvalue weighted by molar-refractivity contribution is 5.69. The Morgan fingerprint density at radius 3 is 2.53 bits per heavy atom. The lowest BCUT2D eigenvalue weighted by Gasteiger charge is -2.04. The molecule has 15 heavy (non-hydrogen) atoms. The Morgan fingerprint density at radius 2 is 1.93 bits per heavy atom. The van der Waals surface area contributed by atoms with E-state index in [9.17, 15) is 4.79 Å². The molecule has 1 N–H and O–H groups in total. The summed E-state index contributed by atoms with van der Waals surface area (Å²) in [6.45, 7) is 5.96. The first-order valence-electron chi connectivity index (χ1n) is 5.69. The molecule has 0 aromatic carbocycles. The number of allylic oxidation sites excluding steroid dienone is 1. The van der Waals surface area contributed by atoms with Crippen molar-refractivity contribution < 1.29 is 14.6 Å². The predicted molar refractivity (Wildman–Crippen MR) is 60.7 cm³/mol. The third-order valence-corrected chi connectivity index (χ3v) is 2.11. The lowest BCUT2D eigenvalue weighted by Crippen LogP contribution is -2.05. The molecule has 0 atom stereocenters. The van der Waals surface area contributed by atoms with E-state index in [0.717, 1.165) is 32.1 Å². The molecule has 0 heterocycles. The molecule has 0 aliphatic carbocycles. The number of ether oxygens (including phenoxy) is 1. The number of hydrogen-bond acceptors (Lipinski definition) is 3. The highest BCUT2D eigenvalue weighted by Crippen LogP contribution is 2.05. The highest BCUT2D eigenvalue weighted by Gasteiger charge is 2.00. The van der Waals surface area contributed by atoms with Gasteiger partial charge in [-0.2, -0.15) is 0 Å². The van der Waals surface area contributed by atoms with E-state index in [0.29, 0.717) is 19.4 Å². The third kappa shape index (κ3) is 10.9. The molecule has 0 saturated carbocycles. The number of unbranched alkanes of at least 4 members (excludes halogenated alkanes) is 3. The largest absolute Gasteiger partial charge is 0.513 e. The van der Waals surface area contributed by atoms with Gasteiger partial charge in [-0.05, 0) is 25.7 Å². The summed E-state index contributed by atoms with van der Waals surface area (Å²) >= 11 is 0. The first-order chi connectivity index (χ1) is 7.16. The van der Waals surface area contributed by atoms with Crippen molar-refractivity contribution in [3.63, 3.8) is 0 Å². The van der Waals surface area contributed by atoms with E-state index in [1.807, 2.05) is 0 Å². The van der Waals surface area contributed by atoms with Crippen molar-refractivity contribution in [1.29, 1.82) is 0 Å². The maximum Gasteiger partial charge on any atom is 0.305 e. The molecule has 0 saturated heterocycles. The summed E-state index contributed by atoms with van der Waals surface area (Å²) in [6.07, 6.45) is 5.83. The van der Waals surface area contributed by atoms with Gasteiger partial charge < -0.3 is 9.84 Å². The van der Waals surface area contributed by atoms with Crippen molar-refractivity contribution in [2.24, 2.45) is 0 Å². The fourth-order valence-electron chi connectivity index (χ4n) is 1.19. The molecule has 3 heteroatoms. The summed E-state index contributed by atoms with van der Waals surface area (Å²) in [6, 6.07) is 0. The van der Waals surface area contributed by atoms with E-state index in [1.54, 1.807) is 0 Å². The first kappa shape index (κ1) is 14.0. The Kier molecular flexibility index (Phi) is 8.93. The minimum absolute atomic E-state index is 0.0941. The Bertz CT molecular complexity index is 187. The number of esters is 1. The summed E-state index contributed by atoms with van der Waals surface area (Å²) in [5, 5.41) is 8.81. The van der Waals surface area contributed by atoms with Gasteiger partial charge in [0, 0.05) is 12.8 Å². The molecule has 0 unspecified atom stereocenters. The molecule has 0 radical (unpaired) electrons. The van der Waals surface area contributed by atoms with Crippen molar-refractivity contribution in [3.05, 3.63) is 12.3 Å². The topological polar surface area (TPSA) is 46.5 Å². The normalized spacial score (nSPS) is 9.93. The van der Waals surface area contributed by atoms with Crippen molar-refractivity contribution in [1.82, 2.24) is 0 Å². The van der Waals surface area contributed by atoms with Crippen LogP contribution in [0.3, 0.4) is 0 Å². The summed E-state index contributed by atoms with van der Waals surface area (Å²) in [7, 11) is 0. The molecule has 0 aliphatic heterocycles. The van der Waals surface area contributed by atoms with E-state index in [2.05, 4.69) is 13.5 Å². The summed E-state index contributed by atoms with van der Waals surface area (Å²) in [4.78, 5) is 11.1. The van der Waals surface area contributed by atoms with E-state index >= 15 is 0 Å². The van der Waals surface area contributed by atoms with Gasteiger partial charge in [0.15, 0.2) is 0 Å². The van der Waals surface area contributed by atoms with Crippen molar-refractivity contribution in [2.45, 2.75) is 51.9 Å². The van der Waals surface area contributed by atoms with Crippen LogP contribution in [0.5, 0.6) is 0 Å². The molecule has 0 fully saturated rings. The molecule has 88 valence electrons. The van der Waals surface area contributed by atoms with Gasteiger partial charge in [0.05, 0.1) is 12.4 Å². The van der Waals surface area contributed by atoms with Crippen LogP contribution in [0.15, 0.2) is 12.3 Å². The van der Waals surface area contributed by atoms with Crippen molar-refractivity contribution in [2.75, 3.05) is 6.61 Å². The quantitative estimate of drug-likeness (QED) is 0.364. The second kappa shape index (κ2) is 9.56. The molecule has 0 spiro atoms. The van der Waals surface area contributed by atoms with Gasteiger partial charge >= 0.3 is 5.97 Å². The smallest absolute Gasteiger partial charge is 0.305 e. The predicted octanol–water partition coefficient (Wildman–Crippen LogP) is 3.35. The summed E-state index contributed by atoms with van der Waals surface area (Å²) in [5.41, 5.74) is 0. The van der Waals surface area contributed by atoms with E-state index in [4.69, 9.17) is 9.84 Å². The zero-order valence-corrected chi connectivity index (χ0v) is 9.63. The van der Waals surface area contributed by atoms with Crippen molar-refractivity contribution >= 4 is 5.97 Å². The number of aliphatic hydroxyl groups is 1. The van der Waals surface area contributed by atoms with Gasteiger partial charge in [0.2, 0.25) is 0 Å². The monoisotopic (exact) mass is 214 g/mol. The maximum atomic E-state index is 11.1. The molecule has 0 aliphatic rings. The molecule has 0 amide bonds. The Balaban J connectivity index is 3.16. The number of rotatable bonds is 9.